The molecule has 0 aromatic heterocycles. The Morgan fingerprint density at radius 1 is 1.00 bits per heavy atom. The van der Waals surface area contributed by atoms with E-state index >= 15 is 0 Å². The average Bonchev–Trinajstić information content (AvgIpc) is 3.27. The molecule has 2 saturated heterocycles. The van der Waals surface area contributed by atoms with Crippen molar-refractivity contribution in [1.29, 1.82) is 0 Å². The Bertz CT molecular complexity index is 1230. The SMILES string of the molecule is CS(=O)(=O)c1ccc(Oc2ccc(S(=O)(=O)N3CC[C@H]4OCC[C@H]4[C@H]3C(=O)NO)cc2)cc1. The first-order chi connectivity index (χ1) is 15.6. The molecule has 12 heteroatoms. The molecular weight excluding hydrogens is 472 g/mol. The summed E-state index contributed by atoms with van der Waals surface area (Å²) in [6, 6.07) is 10.5. The highest BCUT2D eigenvalue weighted by Crippen LogP contribution is 2.37. The zero-order valence-corrected chi connectivity index (χ0v) is 19.4. The highest BCUT2D eigenvalue weighted by molar-refractivity contribution is 7.90. The fourth-order valence-electron chi connectivity index (χ4n) is 4.30. The zero-order chi connectivity index (χ0) is 23.8. The first-order valence-corrected chi connectivity index (χ1v) is 13.6. The Kier molecular flexibility index (Phi) is 6.47. The van der Waals surface area contributed by atoms with Gasteiger partial charge in [-0.1, -0.05) is 0 Å². The van der Waals surface area contributed by atoms with Gasteiger partial charge >= 0.3 is 0 Å². The number of nitrogens with zero attached hydrogens (tertiary/aromatic N) is 1. The number of fused-ring (bicyclic) bond motifs is 1. The van der Waals surface area contributed by atoms with Crippen molar-refractivity contribution in [1.82, 2.24) is 9.79 Å². The highest BCUT2D eigenvalue weighted by Gasteiger charge is 2.49. The lowest BCUT2D eigenvalue weighted by Crippen LogP contribution is -2.58. The summed E-state index contributed by atoms with van der Waals surface area (Å²) in [5, 5.41) is 9.19. The van der Waals surface area contributed by atoms with Gasteiger partial charge in [-0.3, -0.25) is 10.0 Å². The van der Waals surface area contributed by atoms with Crippen LogP contribution in [-0.2, 0) is 29.4 Å². The number of carbonyl (C=O) groups excluding carboxylic acids is 1. The van der Waals surface area contributed by atoms with E-state index in [1.165, 1.54) is 48.5 Å². The van der Waals surface area contributed by atoms with Crippen LogP contribution >= 0.6 is 0 Å². The molecule has 2 fully saturated rings. The number of sulfonamides is 1. The Morgan fingerprint density at radius 2 is 1.58 bits per heavy atom. The molecule has 2 aliphatic rings. The standard InChI is InChI=1S/C21H24N2O8S2/c1-32(26,27)16-6-2-14(3-7-16)31-15-4-8-17(9-5-15)33(28,29)23-12-10-19-18(11-13-30-19)20(23)21(24)22-25/h2-9,18-20,25H,10-13H2,1H3,(H,22,24)/t18-,19-,20+/m1/s1. The van der Waals surface area contributed by atoms with Crippen molar-refractivity contribution < 1.29 is 36.3 Å². The maximum atomic E-state index is 13.3. The van der Waals surface area contributed by atoms with Crippen molar-refractivity contribution in [2.24, 2.45) is 5.92 Å². The van der Waals surface area contributed by atoms with Gasteiger partial charge in [0.05, 0.1) is 15.9 Å². The minimum atomic E-state index is -4.03. The molecular formula is C21H24N2O8S2. The summed E-state index contributed by atoms with van der Waals surface area (Å²) >= 11 is 0. The molecule has 0 spiro atoms. The molecule has 2 N–H and O–H groups in total. The number of rotatable bonds is 6. The van der Waals surface area contributed by atoms with Gasteiger partial charge in [-0.15, -0.1) is 0 Å². The van der Waals surface area contributed by atoms with Gasteiger partial charge in [0.1, 0.15) is 17.5 Å². The van der Waals surface area contributed by atoms with Crippen LogP contribution in [0.25, 0.3) is 0 Å². The van der Waals surface area contributed by atoms with Crippen molar-refractivity contribution >= 4 is 25.8 Å². The van der Waals surface area contributed by atoms with E-state index in [2.05, 4.69) is 0 Å². The van der Waals surface area contributed by atoms with E-state index in [0.717, 1.165) is 10.6 Å². The van der Waals surface area contributed by atoms with E-state index < -0.39 is 31.8 Å². The molecule has 33 heavy (non-hydrogen) atoms. The molecule has 0 saturated carbocycles. The third-order valence-corrected chi connectivity index (χ3v) is 8.93. The maximum absolute atomic E-state index is 13.3. The number of carbonyl (C=O) groups is 1. The second-order valence-corrected chi connectivity index (χ2v) is 11.9. The number of benzene rings is 2. The van der Waals surface area contributed by atoms with Crippen molar-refractivity contribution in [3.63, 3.8) is 0 Å². The Morgan fingerprint density at radius 3 is 2.12 bits per heavy atom. The summed E-state index contributed by atoms with van der Waals surface area (Å²) in [5.41, 5.74) is 1.59. The molecule has 178 valence electrons. The Balaban J connectivity index is 1.54. The smallest absolute Gasteiger partial charge is 0.262 e. The number of hydrogen-bond donors (Lipinski definition) is 2. The first kappa shape index (κ1) is 23.6. The molecule has 4 rings (SSSR count). The zero-order valence-electron chi connectivity index (χ0n) is 17.7. The van der Waals surface area contributed by atoms with Crippen molar-refractivity contribution in [3.05, 3.63) is 48.5 Å². The first-order valence-electron chi connectivity index (χ1n) is 10.3. The third kappa shape index (κ3) is 4.75. The van der Waals surface area contributed by atoms with Gasteiger partial charge in [0.25, 0.3) is 5.91 Å². The van der Waals surface area contributed by atoms with E-state index in [9.17, 15) is 26.8 Å². The van der Waals surface area contributed by atoms with Crippen molar-refractivity contribution in [2.45, 2.75) is 34.8 Å². The number of hydroxylamine groups is 1. The van der Waals surface area contributed by atoms with Gasteiger partial charge < -0.3 is 9.47 Å². The number of piperidine rings is 1. The van der Waals surface area contributed by atoms with Gasteiger partial charge in [-0.25, -0.2) is 22.3 Å². The summed E-state index contributed by atoms with van der Waals surface area (Å²) in [6.45, 7) is 0.530. The lowest BCUT2D eigenvalue weighted by Gasteiger charge is -2.39. The molecule has 0 aliphatic carbocycles. The average molecular weight is 497 g/mol. The van der Waals surface area contributed by atoms with E-state index in [-0.39, 0.29) is 28.4 Å². The van der Waals surface area contributed by atoms with E-state index in [0.29, 0.717) is 30.9 Å². The molecule has 1 amide bonds. The maximum Gasteiger partial charge on any atom is 0.262 e. The highest BCUT2D eigenvalue weighted by atomic mass is 32.2. The molecule has 2 heterocycles. The van der Waals surface area contributed by atoms with Crippen LogP contribution in [0.4, 0.5) is 0 Å². The quantitative estimate of drug-likeness (QED) is 0.454. The monoisotopic (exact) mass is 496 g/mol. The van der Waals surface area contributed by atoms with E-state index in [4.69, 9.17) is 9.47 Å². The second-order valence-electron chi connectivity index (χ2n) is 8.00. The van der Waals surface area contributed by atoms with Crippen molar-refractivity contribution in [3.8, 4) is 11.5 Å². The Hall–Kier alpha value is -2.51. The number of amides is 1. The summed E-state index contributed by atoms with van der Waals surface area (Å²) in [4.78, 5) is 12.5. The number of nitrogens with one attached hydrogen (secondary N) is 1. The van der Waals surface area contributed by atoms with Gasteiger partial charge in [0.15, 0.2) is 9.84 Å². The third-order valence-electron chi connectivity index (χ3n) is 5.91. The van der Waals surface area contributed by atoms with Crippen LogP contribution in [0, 0.1) is 5.92 Å². The lowest BCUT2D eigenvalue weighted by molar-refractivity contribution is -0.137. The molecule has 3 atom stereocenters. The van der Waals surface area contributed by atoms with Gasteiger partial charge in [0.2, 0.25) is 10.0 Å². The molecule has 10 nitrogen and oxygen atoms in total. The number of ether oxygens (including phenoxy) is 2. The summed E-state index contributed by atoms with van der Waals surface area (Å²) in [7, 11) is -7.36. The largest absolute Gasteiger partial charge is 0.457 e. The van der Waals surface area contributed by atoms with Gasteiger partial charge in [0, 0.05) is 25.3 Å². The second kappa shape index (κ2) is 9.03. The minimum Gasteiger partial charge on any atom is -0.457 e. The molecule has 0 radical (unpaired) electrons. The Labute approximate surface area is 192 Å². The summed E-state index contributed by atoms with van der Waals surface area (Å²) in [5.74, 6) is -0.371. The molecule has 2 aliphatic heterocycles. The van der Waals surface area contributed by atoms with Crippen LogP contribution in [0.15, 0.2) is 58.3 Å². The van der Waals surface area contributed by atoms with Gasteiger partial charge in [-0.2, -0.15) is 4.31 Å². The predicted molar refractivity (Wildman–Crippen MR) is 116 cm³/mol. The van der Waals surface area contributed by atoms with Crippen LogP contribution in [0.3, 0.4) is 0 Å². The summed E-state index contributed by atoms with van der Waals surface area (Å²) in [6.07, 6.45) is 1.88. The lowest BCUT2D eigenvalue weighted by atomic mass is 9.87. The van der Waals surface area contributed by atoms with Crippen LogP contribution < -0.4 is 10.2 Å². The molecule has 2 aromatic rings. The molecule has 0 bridgehead atoms. The van der Waals surface area contributed by atoms with E-state index in [1.807, 2.05) is 0 Å². The molecule has 2 aromatic carbocycles. The van der Waals surface area contributed by atoms with Crippen molar-refractivity contribution in [2.75, 3.05) is 19.4 Å². The minimum absolute atomic E-state index is 0.0182. The van der Waals surface area contributed by atoms with Crippen LogP contribution in [0.2, 0.25) is 0 Å². The molecule has 0 unspecified atom stereocenters. The van der Waals surface area contributed by atoms with E-state index in [1.54, 1.807) is 5.48 Å². The normalized spacial score (nSPS) is 23.6. The van der Waals surface area contributed by atoms with Crippen LogP contribution in [0.5, 0.6) is 11.5 Å². The van der Waals surface area contributed by atoms with Crippen LogP contribution in [0.1, 0.15) is 12.8 Å². The number of hydrogen-bond acceptors (Lipinski definition) is 8. The summed E-state index contributed by atoms with van der Waals surface area (Å²) < 4.78 is 62.2. The fraction of sp³-hybridized carbons (Fsp3) is 0.381. The topological polar surface area (TPSA) is 139 Å². The van der Waals surface area contributed by atoms with Crippen LogP contribution in [-0.4, -0.2) is 63.8 Å². The number of sulfone groups is 1. The fourth-order valence-corrected chi connectivity index (χ4v) is 6.58. The van der Waals surface area contributed by atoms with Gasteiger partial charge in [-0.05, 0) is 61.4 Å². The predicted octanol–water partition coefficient (Wildman–Crippen LogP) is 1.56.